The van der Waals surface area contributed by atoms with Crippen molar-refractivity contribution in [1.82, 2.24) is 10.2 Å². The molecule has 0 aromatic carbocycles. The Bertz CT molecular complexity index is 313. The van der Waals surface area contributed by atoms with E-state index in [1.165, 1.54) is 25.7 Å². The van der Waals surface area contributed by atoms with Crippen LogP contribution in [0.15, 0.2) is 0 Å². The lowest BCUT2D eigenvalue weighted by Crippen LogP contribution is -2.46. The van der Waals surface area contributed by atoms with E-state index in [4.69, 9.17) is 4.74 Å². The molecule has 2 aliphatic rings. The van der Waals surface area contributed by atoms with Gasteiger partial charge in [0.1, 0.15) is 5.60 Å². The summed E-state index contributed by atoms with van der Waals surface area (Å²) in [4.78, 5) is 13.8. The second kappa shape index (κ2) is 6.79. The zero-order chi connectivity index (χ0) is 14.6. The third-order valence-electron chi connectivity index (χ3n) is 4.07. The Kier molecular flexibility index (Phi) is 5.30. The lowest BCUT2D eigenvalue weighted by Gasteiger charge is -2.33. The maximum atomic E-state index is 11.9. The third kappa shape index (κ3) is 5.70. The van der Waals surface area contributed by atoms with Crippen LogP contribution in [-0.4, -0.2) is 42.3 Å². The molecule has 0 aromatic rings. The zero-order valence-electron chi connectivity index (χ0n) is 13.3. The van der Waals surface area contributed by atoms with Gasteiger partial charge in [0.2, 0.25) is 0 Å². The van der Waals surface area contributed by atoms with Gasteiger partial charge in [-0.3, -0.25) is 0 Å². The average Bonchev–Trinajstić information content (AvgIpc) is 3.17. The summed E-state index contributed by atoms with van der Waals surface area (Å²) in [5, 5.41) is 3.63. The average molecular weight is 282 g/mol. The second-order valence-electron chi connectivity index (χ2n) is 7.28. The van der Waals surface area contributed by atoms with E-state index in [0.29, 0.717) is 6.04 Å². The number of carbonyl (C=O) groups is 1. The van der Waals surface area contributed by atoms with Gasteiger partial charge in [-0.15, -0.1) is 0 Å². The Hall–Kier alpha value is -0.770. The van der Waals surface area contributed by atoms with Gasteiger partial charge in [-0.05, 0) is 58.9 Å². The van der Waals surface area contributed by atoms with Crippen molar-refractivity contribution in [3.05, 3.63) is 0 Å². The molecule has 1 heterocycles. The number of ether oxygens (including phenoxy) is 1. The first-order chi connectivity index (χ1) is 9.44. The van der Waals surface area contributed by atoms with E-state index in [1.807, 2.05) is 25.7 Å². The molecule has 20 heavy (non-hydrogen) atoms. The first-order valence-electron chi connectivity index (χ1n) is 8.15. The second-order valence-corrected chi connectivity index (χ2v) is 7.28. The van der Waals surface area contributed by atoms with Gasteiger partial charge in [0.25, 0.3) is 0 Å². The summed E-state index contributed by atoms with van der Waals surface area (Å²) in [5.74, 6) is 1.03. The van der Waals surface area contributed by atoms with Crippen LogP contribution in [-0.2, 0) is 4.74 Å². The normalized spacial score (nSPS) is 21.1. The van der Waals surface area contributed by atoms with Crippen LogP contribution in [0.25, 0.3) is 0 Å². The first kappa shape index (κ1) is 15.6. The maximum Gasteiger partial charge on any atom is 0.410 e. The number of carbonyl (C=O) groups excluding carboxylic acids is 1. The van der Waals surface area contributed by atoms with E-state index in [2.05, 4.69) is 5.32 Å². The molecule has 0 radical (unpaired) electrons. The van der Waals surface area contributed by atoms with Crippen molar-refractivity contribution in [3.8, 4) is 0 Å². The molecule has 2 rings (SSSR count). The van der Waals surface area contributed by atoms with Crippen LogP contribution < -0.4 is 5.32 Å². The molecule has 1 aliphatic carbocycles. The quantitative estimate of drug-likeness (QED) is 0.788. The summed E-state index contributed by atoms with van der Waals surface area (Å²) < 4.78 is 5.41. The summed E-state index contributed by atoms with van der Waals surface area (Å²) in [6.45, 7) is 8.51. The molecule has 2 fully saturated rings. The molecular formula is C16H30N2O2. The highest BCUT2D eigenvalue weighted by molar-refractivity contribution is 5.68. The number of nitrogens with one attached hydrogen (secondary N) is 1. The van der Waals surface area contributed by atoms with Gasteiger partial charge >= 0.3 is 6.09 Å². The molecule has 0 aromatic heterocycles. The van der Waals surface area contributed by atoms with Crippen LogP contribution in [0.4, 0.5) is 4.79 Å². The standard InChI is InChI=1S/C16H30N2O2/c1-16(2,3)20-15(19)18-11-8-14(9-12-18)17-10-4-5-13-6-7-13/h13-14,17H,4-12H2,1-3H3. The van der Waals surface area contributed by atoms with E-state index >= 15 is 0 Å². The van der Waals surface area contributed by atoms with Crippen molar-refractivity contribution in [2.45, 2.75) is 70.9 Å². The summed E-state index contributed by atoms with van der Waals surface area (Å²) >= 11 is 0. The summed E-state index contributed by atoms with van der Waals surface area (Å²) in [5.41, 5.74) is -0.394. The Morgan fingerprint density at radius 2 is 1.85 bits per heavy atom. The van der Waals surface area contributed by atoms with Crippen molar-refractivity contribution in [2.75, 3.05) is 19.6 Å². The fraction of sp³-hybridized carbons (Fsp3) is 0.938. The van der Waals surface area contributed by atoms with Crippen molar-refractivity contribution < 1.29 is 9.53 Å². The van der Waals surface area contributed by atoms with Crippen molar-refractivity contribution in [1.29, 1.82) is 0 Å². The molecule has 1 saturated heterocycles. The molecule has 0 atom stereocenters. The van der Waals surface area contributed by atoms with Crippen molar-refractivity contribution >= 4 is 6.09 Å². The molecule has 1 saturated carbocycles. The Morgan fingerprint density at radius 1 is 1.20 bits per heavy atom. The van der Waals surface area contributed by atoms with Gasteiger partial charge in [-0.1, -0.05) is 12.8 Å². The highest BCUT2D eigenvalue weighted by atomic mass is 16.6. The predicted molar refractivity (Wildman–Crippen MR) is 80.8 cm³/mol. The van der Waals surface area contributed by atoms with E-state index in [1.54, 1.807) is 0 Å². The van der Waals surface area contributed by atoms with E-state index in [-0.39, 0.29) is 6.09 Å². The summed E-state index contributed by atoms with van der Waals surface area (Å²) in [6, 6.07) is 0.577. The number of hydrogen-bond acceptors (Lipinski definition) is 3. The van der Waals surface area contributed by atoms with Crippen LogP contribution in [0, 0.1) is 5.92 Å². The third-order valence-corrected chi connectivity index (χ3v) is 4.07. The molecule has 1 N–H and O–H groups in total. The molecular weight excluding hydrogens is 252 g/mol. The minimum absolute atomic E-state index is 0.162. The number of piperidine rings is 1. The Balaban J connectivity index is 1.57. The number of nitrogens with zero attached hydrogens (tertiary/aromatic N) is 1. The zero-order valence-corrected chi connectivity index (χ0v) is 13.3. The van der Waals surface area contributed by atoms with Crippen molar-refractivity contribution in [2.24, 2.45) is 5.92 Å². The van der Waals surface area contributed by atoms with Crippen LogP contribution in [0.3, 0.4) is 0 Å². The van der Waals surface area contributed by atoms with Gasteiger partial charge in [0, 0.05) is 19.1 Å². The monoisotopic (exact) mass is 282 g/mol. The van der Waals surface area contributed by atoms with Crippen LogP contribution in [0.2, 0.25) is 0 Å². The van der Waals surface area contributed by atoms with Gasteiger partial charge < -0.3 is 15.0 Å². The molecule has 4 nitrogen and oxygen atoms in total. The number of rotatable bonds is 5. The largest absolute Gasteiger partial charge is 0.444 e. The van der Waals surface area contributed by atoms with Crippen molar-refractivity contribution in [3.63, 3.8) is 0 Å². The van der Waals surface area contributed by atoms with Gasteiger partial charge in [0.15, 0.2) is 0 Å². The molecule has 1 aliphatic heterocycles. The predicted octanol–water partition coefficient (Wildman–Crippen LogP) is 3.17. The van der Waals surface area contributed by atoms with Crippen LogP contribution >= 0.6 is 0 Å². The lowest BCUT2D eigenvalue weighted by atomic mass is 10.1. The van der Waals surface area contributed by atoms with Crippen LogP contribution in [0.1, 0.15) is 59.3 Å². The van der Waals surface area contributed by atoms with Gasteiger partial charge in [0.05, 0.1) is 0 Å². The maximum absolute atomic E-state index is 11.9. The molecule has 4 heteroatoms. The fourth-order valence-corrected chi connectivity index (χ4v) is 2.70. The summed E-state index contributed by atoms with van der Waals surface area (Å²) in [7, 11) is 0. The SMILES string of the molecule is CC(C)(C)OC(=O)N1CCC(NCCCC2CC2)CC1. The van der Waals surface area contributed by atoms with E-state index < -0.39 is 5.60 Å². The van der Waals surface area contributed by atoms with Gasteiger partial charge in [-0.25, -0.2) is 4.79 Å². The Labute approximate surface area is 123 Å². The summed E-state index contributed by atoms with van der Waals surface area (Å²) in [6.07, 6.45) is 7.53. The minimum Gasteiger partial charge on any atom is -0.444 e. The molecule has 0 unspecified atom stereocenters. The lowest BCUT2D eigenvalue weighted by molar-refractivity contribution is 0.0198. The molecule has 0 bridgehead atoms. The first-order valence-corrected chi connectivity index (χ1v) is 8.15. The number of amides is 1. The Morgan fingerprint density at radius 3 is 2.40 bits per heavy atom. The highest BCUT2D eigenvalue weighted by Crippen LogP contribution is 2.33. The highest BCUT2D eigenvalue weighted by Gasteiger charge is 2.26. The van der Waals surface area contributed by atoms with E-state index in [0.717, 1.165) is 38.4 Å². The topological polar surface area (TPSA) is 41.6 Å². The van der Waals surface area contributed by atoms with Crippen LogP contribution in [0.5, 0.6) is 0 Å². The molecule has 1 amide bonds. The van der Waals surface area contributed by atoms with Gasteiger partial charge in [-0.2, -0.15) is 0 Å². The minimum atomic E-state index is -0.394. The number of likely N-dealkylation sites (tertiary alicyclic amines) is 1. The smallest absolute Gasteiger partial charge is 0.410 e. The fourth-order valence-electron chi connectivity index (χ4n) is 2.70. The van der Waals surface area contributed by atoms with E-state index in [9.17, 15) is 4.79 Å². The molecule has 116 valence electrons. The molecule has 0 spiro atoms. The number of hydrogen-bond donors (Lipinski definition) is 1.